The molecule has 0 spiro atoms. The van der Waals surface area contributed by atoms with E-state index in [-0.39, 0.29) is 0 Å². The van der Waals surface area contributed by atoms with E-state index >= 15 is 0 Å². The molecule has 0 unspecified atom stereocenters. The Morgan fingerprint density at radius 1 is 1.44 bits per heavy atom. The fourth-order valence-corrected chi connectivity index (χ4v) is 1.40. The minimum Gasteiger partial charge on any atom is -0.370 e. The molecule has 3 N–H and O–H groups in total. The highest BCUT2D eigenvalue weighted by molar-refractivity contribution is 5.48. The van der Waals surface area contributed by atoms with Crippen LogP contribution in [0, 0.1) is 6.92 Å². The maximum absolute atomic E-state index is 5.52. The Morgan fingerprint density at radius 2 is 2.19 bits per heavy atom. The predicted molar refractivity (Wildman–Crippen MR) is 67.9 cm³/mol. The van der Waals surface area contributed by atoms with Crippen LogP contribution >= 0.6 is 0 Å². The van der Waals surface area contributed by atoms with Crippen molar-refractivity contribution in [3.8, 4) is 0 Å². The molecular formula is C11H21N5. The van der Waals surface area contributed by atoms with Crippen LogP contribution in [0.4, 0.5) is 11.6 Å². The number of nitrogens with zero attached hydrogens (tertiary/aromatic N) is 3. The van der Waals surface area contributed by atoms with Crippen LogP contribution in [0.2, 0.25) is 0 Å². The molecule has 0 saturated carbocycles. The van der Waals surface area contributed by atoms with E-state index in [0.29, 0.717) is 6.54 Å². The zero-order valence-corrected chi connectivity index (χ0v) is 10.3. The molecule has 0 aliphatic rings. The van der Waals surface area contributed by atoms with Crippen molar-refractivity contribution in [2.45, 2.75) is 20.3 Å². The van der Waals surface area contributed by atoms with Gasteiger partial charge in [0.05, 0.1) is 0 Å². The van der Waals surface area contributed by atoms with E-state index in [4.69, 9.17) is 5.73 Å². The molecule has 0 atom stereocenters. The summed E-state index contributed by atoms with van der Waals surface area (Å²) in [6, 6.07) is 1.96. The molecule has 0 radical (unpaired) electrons. The molecule has 0 bridgehead atoms. The number of hydrogen-bond donors (Lipinski definition) is 2. The monoisotopic (exact) mass is 223 g/mol. The average Bonchev–Trinajstić information content (AvgIpc) is 2.26. The van der Waals surface area contributed by atoms with Gasteiger partial charge >= 0.3 is 0 Å². The second-order valence-corrected chi connectivity index (χ2v) is 3.80. The van der Waals surface area contributed by atoms with Crippen molar-refractivity contribution in [3.63, 3.8) is 0 Å². The molecule has 1 aromatic heterocycles. The molecule has 0 amide bonds. The number of nitrogens with one attached hydrogen (secondary N) is 1. The van der Waals surface area contributed by atoms with E-state index in [1.165, 1.54) is 0 Å². The van der Waals surface area contributed by atoms with Crippen molar-refractivity contribution in [2.24, 2.45) is 5.73 Å². The molecule has 0 aromatic carbocycles. The van der Waals surface area contributed by atoms with Crippen molar-refractivity contribution in [2.75, 3.05) is 36.9 Å². The van der Waals surface area contributed by atoms with Crippen LogP contribution in [0.3, 0.4) is 0 Å². The molecule has 1 rings (SSSR count). The topological polar surface area (TPSA) is 67.1 Å². The SMILES string of the molecule is CCCNc1cc(N(C)CCN)nc(C)n1. The van der Waals surface area contributed by atoms with Gasteiger partial charge in [0.25, 0.3) is 0 Å². The van der Waals surface area contributed by atoms with Crippen LogP contribution in [-0.2, 0) is 0 Å². The van der Waals surface area contributed by atoms with Crippen molar-refractivity contribution < 1.29 is 0 Å². The Bertz CT molecular complexity index is 326. The van der Waals surface area contributed by atoms with E-state index in [9.17, 15) is 0 Å². The molecule has 0 aliphatic carbocycles. The predicted octanol–water partition coefficient (Wildman–Crippen LogP) is 1.00. The number of aromatic nitrogens is 2. The molecule has 1 aromatic rings. The van der Waals surface area contributed by atoms with Crippen molar-refractivity contribution in [1.82, 2.24) is 9.97 Å². The van der Waals surface area contributed by atoms with Gasteiger partial charge in [-0.2, -0.15) is 0 Å². The molecule has 5 heteroatoms. The number of nitrogens with two attached hydrogens (primary N) is 1. The van der Waals surface area contributed by atoms with Crippen molar-refractivity contribution in [1.29, 1.82) is 0 Å². The van der Waals surface area contributed by atoms with Crippen molar-refractivity contribution >= 4 is 11.6 Å². The molecule has 16 heavy (non-hydrogen) atoms. The summed E-state index contributed by atoms with van der Waals surface area (Å²) in [5.74, 6) is 2.57. The molecule has 90 valence electrons. The van der Waals surface area contributed by atoms with Gasteiger partial charge in [-0.05, 0) is 13.3 Å². The lowest BCUT2D eigenvalue weighted by Gasteiger charge is -2.18. The summed E-state index contributed by atoms with van der Waals surface area (Å²) in [4.78, 5) is 10.7. The molecule has 5 nitrogen and oxygen atoms in total. The second-order valence-electron chi connectivity index (χ2n) is 3.80. The number of anilines is 2. The minimum absolute atomic E-state index is 0.622. The van der Waals surface area contributed by atoms with Gasteiger partial charge in [-0.25, -0.2) is 9.97 Å². The molecule has 0 saturated heterocycles. The first-order valence-electron chi connectivity index (χ1n) is 5.68. The van der Waals surface area contributed by atoms with E-state index in [2.05, 4.69) is 22.2 Å². The Morgan fingerprint density at radius 3 is 2.81 bits per heavy atom. The molecule has 0 fully saturated rings. The Hall–Kier alpha value is -1.36. The van der Waals surface area contributed by atoms with Gasteiger partial charge in [-0.15, -0.1) is 0 Å². The Balaban J connectivity index is 2.80. The third kappa shape index (κ3) is 3.66. The molecule has 1 heterocycles. The summed E-state index contributed by atoms with van der Waals surface area (Å²) in [5.41, 5.74) is 5.52. The van der Waals surface area contributed by atoms with Crippen LogP contribution in [-0.4, -0.2) is 36.6 Å². The highest BCUT2D eigenvalue weighted by Crippen LogP contribution is 2.14. The lowest BCUT2D eigenvalue weighted by Crippen LogP contribution is -2.26. The quantitative estimate of drug-likeness (QED) is 0.753. The van der Waals surface area contributed by atoms with E-state index in [0.717, 1.165) is 37.0 Å². The van der Waals surface area contributed by atoms with Gasteiger partial charge in [-0.1, -0.05) is 6.92 Å². The lowest BCUT2D eigenvalue weighted by molar-refractivity contribution is 0.855. The van der Waals surface area contributed by atoms with Gasteiger partial charge in [0.15, 0.2) is 0 Å². The zero-order chi connectivity index (χ0) is 12.0. The third-order valence-electron chi connectivity index (χ3n) is 2.24. The summed E-state index contributed by atoms with van der Waals surface area (Å²) >= 11 is 0. The maximum Gasteiger partial charge on any atom is 0.134 e. The smallest absolute Gasteiger partial charge is 0.134 e. The van der Waals surface area contributed by atoms with Crippen LogP contribution in [0.15, 0.2) is 6.07 Å². The van der Waals surface area contributed by atoms with E-state index in [1.54, 1.807) is 0 Å². The number of likely N-dealkylation sites (N-methyl/N-ethyl adjacent to an activating group) is 1. The Kier molecular flexibility index (Phi) is 4.98. The summed E-state index contributed by atoms with van der Waals surface area (Å²) in [6.45, 7) is 6.37. The normalized spacial score (nSPS) is 10.2. The van der Waals surface area contributed by atoms with Crippen LogP contribution < -0.4 is 16.0 Å². The first-order valence-corrected chi connectivity index (χ1v) is 5.68. The summed E-state index contributed by atoms with van der Waals surface area (Å²) in [5, 5.41) is 3.26. The summed E-state index contributed by atoms with van der Waals surface area (Å²) in [6.07, 6.45) is 1.08. The van der Waals surface area contributed by atoms with E-state index in [1.807, 2.05) is 24.9 Å². The van der Waals surface area contributed by atoms with Crippen LogP contribution in [0.25, 0.3) is 0 Å². The van der Waals surface area contributed by atoms with Crippen LogP contribution in [0.5, 0.6) is 0 Å². The van der Waals surface area contributed by atoms with Gasteiger partial charge in [0, 0.05) is 32.7 Å². The fraction of sp³-hybridized carbons (Fsp3) is 0.636. The Labute approximate surface area is 97.1 Å². The van der Waals surface area contributed by atoms with E-state index < -0.39 is 0 Å². The maximum atomic E-state index is 5.52. The second kappa shape index (κ2) is 6.27. The minimum atomic E-state index is 0.622. The third-order valence-corrected chi connectivity index (χ3v) is 2.24. The van der Waals surface area contributed by atoms with Gasteiger partial charge in [0.2, 0.25) is 0 Å². The first kappa shape index (κ1) is 12.7. The van der Waals surface area contributed by atoms with Gasteiger partial charge in [0.1, 0.15) is 17.5 Å². The molecule has 0 aliphatic heterocycles. The van der Waals surface area contributed by atoms with Gasteiger partial charge < -0.3 is 16.0 Å². The number of aryl methyl sites for hydroxylation is 1. The fourth-order valence-electron chi connectivity index (χ4n) is 1.40. The van der Waals surface area contributed by atoms with Crippen LogP contribution in [0.1, 0.15) is 19.2 Å². The number of rotatable bonds is 6. The first-order chi connectivity index (χ1) is 7.67. The highest BCUT2D eigenvalue weighted by Gasteiger charge is 2.05. The largest absolute Gasteiger partial charge is 0.370 e. The number of hydrogen-bond acceptors (Lipinski definition) is 5. The summed E-state index contributed by atoms with van der Waals surface area (Å²) in [7, 11) is 1.98. The molecular weight excluding hydrogens is 202 g/mol. The van der Waals surface area contributed by atoms with Gasteiger partial charge in [-0.3, -0.25) is 0 Å². The standard InChI is InChI=1S/C11H21N5/c1-4-6-13-10-8-11(15-9(2)14-10)16(3)7-5-12/h8H,4-7,12H2,1-3H3,(H,13,14,15). The average molecular weight is 223 g/mol. The summed E-state index contributed by atoms with van der Waals surface area (Å²) < 4.78 is 0. The zero-order valence-electron chi connectivity index (χ0n) is 10.3. The highest BCUT2D eigenvalue weighted by atomic mass is 15.2. The van der Waals surface area contributed by atoms with Crippen molar-refractivity contribution in [3.05, 3.63) is 11.9 Å². The lowest BCUT2D eigenvalue weighted by atomic mass is 10.4.